The number of hydrogen-bond acceptors (Lipinski definition) is 5. The van der Waals surface area contributed by atoms with E-state index < -0.39 is 17.4 Å². The van der Waals surface area contributed by atoms with Crippen molar-refractivity contribution in [1.82, 2.24) is 10.2 Å². The van der Waals surface area contributed by atoms with E-state index in [1.807, 2.05) is 0 Å². The van der Waals surface area contributed by atoms with Crippen LogP contribution in [0.4, 0.5) is 4.79 Å². The molecule has 2 rings (SSSR count). The summed E-state index contributed by atoms with van der Waals surface area (Å²) in [4.78, 5) is 37.5. The lowest BCUT2D eigenvalue weighted by Crippen LogP contribution is -2.63. The first-order chi connectivity index (χ1) is 10.1. The maximum atomic E-state index is 12.5. The van der Waals surface area contributed by atoms with Crippen LogP contribution in [0.2, 0.25) is 0 Å². The highest BCUT2D eigenvalue weighted by Crippen LogP contribution is 2.41. The minimum absolute atomic E-state index is 0.271. The van der Waals surface area contributed by atoms with E-state index in [1.165, 1.54) is 0 Å². The van der Waals surface area contributed by atoms with Crippen LogP contribution in [0.3, 0.4) is 0 Å². The molecule has 1 spiro atoms. The van der Waals surface area contributed by atoms with Crippen molar-refractivity contribution >= 4 is 17.8 Å². The molecule has 1 heterocycles. The van der Waals surface area contributed by atoms with Gasteiger partial charge >= 0.3 is 6.03 Å². The van der Waals surface area contributed by atoms with Crippen LogP contribution in [-0.4, -0.2) is 56.2 Å². The zero-order valence-electron chi connectivity index (χ0n) is 12.4. The Morgan fingerprint density at radius 3 is 2.52 bits per heavy atom. The molecule has 0 aromatic heterocycles. The van der Waals surface area contributed by atoms with Gasteiger partial charge in [0.05, 0.1) is 13.2 Å². The maximum Gasteiger partial charge on any atom is 0.330 e. The summed E-state index contributed by atoms with van der Waals surface area (Å²) in [6.45, 7) is 1.72. The second-order valence-corrected chi connectivity index (χ2v) is 5.46. The number of carbonyl (C=O) groups excluding carboxylic acids is 3. The van der Waals surface area contributed by atoms with Crippen LogP contribution < -0.4 is 5.32 Å². The fraction of sp³-hybridized carbons (Fsp3) is 0.786. The normalized spacial score (nSPS) is 21.2. The fourth-order valence-corrected chi connectivity index (χ4v) is 2.92. The number of methoxy groups -OCH3 is 1. The smallest absolute Gasteiger partial charge is 0.330 e. The Morgan fingerprint density at radius 2 is 1.86 bits per heavy atom. The monoisotopic (exact) mass is 298 g/mol. The average Bonchev–Trinajstić information content (AvgIpc) is 2.95. The Kier molecular flexibility index (Phi) is 5.30. The van der Waals surface area contributed by atoms with Gasteiger partial charge in [-0.2, -0.15) is 0 Å². The van der Waals surface area contributed by atoms with E-state index in [-0.39, 0.29) is 12.5 Å². The highest BCUT2D eigenvalue weighted by Gasteiger charge is 2.54. The predicted molar refractivity (Wildman–Crippen MR) is 73.5 cm³/mol. The average molecular weight is 298 g/mol. The van der Waals surface area contributed by atoms with Crippen LogP contribution in [0, 0.1) is 5.41 Å². The predicted octanol–water partition coefficient (Wildman–Crippen LogP) is 0.678. The van der Waals surface area contributed by atoms with Crippen molar-refractivity contribution in [3.8, 4) is 0 Å². The van der Waals surface area contributed by atoms with Crippen molar-refractivity contribution in [2.75, 3.05) is 33.5 Å². The summed E-state index contributed by atoms with van der Waals surface area (Å²) in [6.07, 6.45) is 3.31. The number of amides is 4. The number of nitrogens with one attached hydrogen (secondary N) is 1. The van der Waals surface area contributed by atoms with Gasteiger partial charge in [-0.25, -0.2) is 4.79 Å². The molecule has 0 aromatic carbocycles. The molecule has 1 saturated carbocycles. The first kappa shape index (κ1) is 15.9. The Labute approximate surface area is 123 Å². The molecule has 0 unspecified atom stereocenters. The van der Waals surface area contributed by atoms with Gasteiger partial charge in [-0.05, 0) is 19.3 Å². The van der Waals surface area contributed by atoms with E-state index in [4.69, 9.17) is 9.47 Å². The number of nitrogens with zero attached hydrogens (tertiary/aromatic N) is 1. The second-order valence-electron chi connectivity index (χ2n) is 5.46. The third kappa shape index (κ3) is 3.24. The van der Waals surface area contributed by atoms with Gasteiger partial charge in [-0.1, -0.05) is 12.8 Å². The van der Waals surface area contributed by atoms with Gasteiger partial charge in [0, 0.05) is 20.3 Å². The minimum Gasteiger partial charge on any atom is -0.382 e. The quantitative estimate of drug-likeness (QED) is 0.552. The van der Waals surface area contributed by atoms with Gasteiger partial charge in [-0.3, -0.25) is 19.8 Å². The molecule has 0 radical (unpaired) electrons. The van der Waals surface area contributed by atoms with Gasteiger partial charge in [0.1, 0.15) is 5.41 Å². The van der Waals surface area contributed by atoms with Crippen molar-refractivity contribution in [3.63, 3.8) is 0 Å². The SMILES string of the molecule is COCCOCCCN1C(=O)NC(=O)C2(CCCC2)C1=O. The molecule has 0 aromatic rings. The first-order valence-corrected chi connectivity index (χ1v) is 7.36. The maximum absolute atomic E-state index is 12.5. The Morgan fingerprint density at radius 1 is 1.14 bits per heavy atom. The number of hydrogen-bond donors (Lipinski definition) is 1. The zero-order valence-corrected chi connectivity index (χ0v) is 12.4. The molecule has 1 N–H and O–H groups in total. The molecule has 1 saturated heterocycles. The molecule has 7 heteroatoms. The standard InChI is InChI=1S/C14H22N2O5/c1-20-9-10-21-8-4-7-16-12(18)14(5-2-3-6-14)11(17)15-13(16)19/h2-10H2,1H3,(H,15,17,19). The summed E-state index contributed by atoms with van der Waals surface area (Å²) in [5, 5.41) is 2.32. The van der Waals surface area contributed by atoms with Crippen LogP contribution in [-0.2, 0) is 19.1 Å². The highest BCUT2D eigenvalue weighted by atomic mass is 16.5. The number of imide groups is 2. The first-order valence-electron chi connectivity index (χ1n) is 7.36. The fourth-order valence-electron chi connectivity index (χ4n) is 2.92. The van der Waals surface area contributed by atoms with Crippen LogP contribution in [0.25, 0.3) is 0 Å². The lowest BCUT2D eigenvalue weighted by Gasteiger charge is -2.36. The molecular weight excluding hydrogens is 276 g/mol. The molecule has 2 aliphatic rings. The molecule has 7 nitrogen and oxygen atoms in total. The lowest BCUT2D eigenvalue weighted by molar-refractivity contribution is -0.151. The van der Waals surface area contributed by atoms with E-state index in [0.29, 0.717) is 39.1 Å². The van der Waals surface area contributed by atoms with Crippen molar-refractivity contribution in [2.45, 2.75) is 32.1 Å². The topological polar surface area (TPSA) is 84.9 Å². The third-order valence-corrected chi connectivity index (χ3v) is 4.11. The van der Waals surface area contributed by atoms with Crippen molar-refractivity contribution in [3.05, 3.63) is 0 Å². The summed E-state index contributed by atoms with van der Waals surface area (Å²) < 4.78 is 10.2. The van der Waals surface area contributed by atoms with Crippen molar-refractivity contribution in [2.24, 2.45) is 5.41 Å². The molecule has 2 fully saturated rings. The summed E-state index contributed by atoms with van der Waals surface area (Å²) in [7, 11) is 1.60. The van der Waals surface area contributed by atoms with Crippen LogP contribution in [0.1, 0.15) is 32.1 Å². The minimum atomic E-state index is -1.01. The van der Waals surface area contributed by atoms with Gasteiger partial charge < -0.3 is 9.47 Å². The Bertz CT molecular complexity index is 418. The molecule has 4 amide bonds. The summed E-state index contributed by atoms with van der Waals surface area (Å²) in [5.41, 5.74) is -1.01. The number of ether oxygens (including phenoxy) is 2. The van der Waals surface area contributed by atoms with Crippen LogP contribution >= 0.6 is 0 Å². The van der Waals surface area contributed by atoms with Crippen molar-refractivity contribution in [1.29, 1.82) is 0 Å². The molecule has 118 valence electrons. The van der Waals surface area contributed by atoms with Gasteiger partial charge in [0.2, 0.25) is 11.8 Å². The molecular formula is C14H22N2O5. The van der Waals surface area contributed by atoms with Gasteiger partial charge in [-0.15, -0.1) is 0 Å². The van der Waals surface area contributed by atoms with E-state index in [2.05, 4.69) is 5.32 Å². The Balaban J connectivity index is 1.88. The van der Waals surface area contributed by atoms with Gasteiger partial charge in [0.25, 0.3) is 0 Å². The molecule has 0 bridgehead atoms. The number of carbonyl (C=O) groups is 3. The molecule has 1 aliphatic heterocycles. The Hall–Kier alpha value is -1.47. The third-order valence-electron chi connectivity index (χ3n) is 4.11. The summed E-state index contributed by atoms with van der Waals surface area (Å²) in [5.74, 6) is -0.770. The summed E-state index contributed by atoms with van der Waals surface area (Å²) in [6, 6.07) is -0.612. The van der Waals surface area contributed by atoms with E-state index in [1.54, 1.807) is 7.11 Å². The summed E-state index contributed by atoms with van der Waals surface area (Å²) >= 11 is 0. The zero-order chi connectivity index (χ0) is 15.3. The highest BCUT2D eigenvalue weighted by molar-refractivity contribution is 6.19. The van der Waals surface area contributed by atoms with Crippen LogP contribution in [0.5, 0.6) is 0 Å². The number of rotatable bonds is 7. The van der Waals surface area contributed by atoms with Crippen molar-refractivity contribution < 1.29 is 23.9 Å². The number of urea groups is 1. The van der Waals surface area contributed by atoms with Crippen LogP contribution in [0.15, 0.2) is 0 Å². The molecule has 21 heavy (non-hydrogen) atoms. The van der Waals surface area contributed by atoms with E-state index in [9.17, 15) is 14.4 Å². The second kappa shape index (κ2) is 7.00. The number of barbiturate groups is 1. The largest absolute Gasteiger partial charge is 0.382 e. The molecule has 1 aliphatic carbocycles. The van der Waals surface area contributed by atoms with E-state index >= 15 is 0 Å². The lowest BCUT2D eigenvalue weighted by atomic mass is 9.82. The van der Waals surface area contributed by atoms with Gasteiger partial charge in [0.15, 0.2) is 0 Å². The molecule has 0 atom stereocenters. The van der Waals surface area contributed by atoms with E-state index in [0.717, 1.165) is 17.7 Å².